The van der Waals surface area contributed by atoms with Gasteiger partial charge in [-0.2, -0.15) is 5.01 Å². The van der Waals surface area contributed by atoms with Gasteiger partial charge in [0.15, 0.2) is 6.10 Å². The number of amides is 4. The van der Waals surface area contributed by atoms with Crippen molar-refractivity contribution in [3.63, 3.8) is 0 Å². The van der Waals surface area contributed by atoms with Gasteiger partial charge in [0.05, 0.1) is 0 Å². The van der Waals surface area contributed by atoms with Crippen LogP contribution < -0.4 is 15.5 Å². The minimum Gasteiger partial charge on any atom is -0.481 e. The van der Waals surface area contributed by atoms with Crippen LogP contribution in [0.4, 0.5) is 4.79 Å². The molecule has 2 N–H and O–H groups in total. The molecule has 30 heavy (non-hydrogen) atoms. The molecule has 2 aromatic rings. The smallest absolute Gasteiger partial charge is 0.344 e. The molecule has 2 aromatic carbocycles. The molecule has 1 saturated heterocycles. The highest BCUT2D eigenvalue weighted by atomic mass is 16.5. The lowest BCUT2D eigenvalue weighted by molar-refractivity contribution is -0.141. The molecule has 1 aliphatic heterocycles. The molecule has 2 atom stereocenters. The summed E-state index contributed by atoms with van der Waals surface area (Å²) >= 11 is 0. The first-order valence-corrected chi connectivity index (χ1v) is 9.82. The van der Waals surface area contributed by atoms with E-state index in [1.54, 1.807) is 44.2 Å². The molecule has 7 nitrogen and oxygen atoms in total. The Kier molecular flexibility index (Phi) is 5.57. The third-order valence-electron chi connectivity index (χ3n) is 5.15. The first-order valence-electron chi connectivity index (χ1n) is 9.82. The molecule has 0 spiro atoms. The molecule has 158 valence electrons. The fourth-order valence-corrected chi connectivity index (χ4v) is 3.20. The molecule has 7 heteroatoms. The highest BCUT2D eigenvalue weighted by Gasteiger charge is 2.50. The number of imide groups is 1. The normalized spacial score (nSPS) is 20.0. The summed E-state index contributed by atoms with van der Waals surface area (Å²) < 4.78 is 5.75. The molecule has 1 fully saturated rings. The van der Waals surface area contributed by atoms with Crippen LogP contribution in [0, 0.1) is 0 Å². The third kappa shape index (κ3) is 4.15. The van der Waals surface area contributed by atoms with Gasteiger partial charge in [-0.15, -0.1) is 0 Å². The topological polar surface area (TPSA) is 87.7 Å². The number of carbonyl (C=O) groups is 3. The lowest BCUT2D eigenvalue weighted by atomic mass is 9.87. The Labute approximate surface area is 176 Å². The van der Waals surface area contributed by atoms with E-state index in [0.717, 1.165) is 5.56 Å². The van der Waals surface area contributed by atoms with E-state index in [0.29, 0.717) is 16.3 Å². The lowest BCUT2D eigenvalue weighted by Gasteiger charge is -2.23. The summed E-state index contributed by atoms with van der Waals surface area (Å²) in [4.78, 5) is 37.9. The number of nitrogens with zero attached hydrogens (tertiary/aromatic N) is 1. The predicted molar refractivity (Wildman–Crippen MR) is 113 cm³/mol. The molecule has 3 rings (SSSR count). The van der Waals surface area contributed by atoms with E-state index < -0.39 is 29.5 Å². The van der Waals surface area contributed by atoms with Crippen LogP contribution >= 0.6 is 0 Å². The minimum atomic E-state index is -1.25. The zero-order valence-corrected chi connectivity index (χ0v) is 17.9. The van der Waals surface area contributed by atoms with Gasteiger partial charge >= 0.3 is 6.03 Å². The van der Waals surface area contributed by atoms with Gasteiger partial charge in [-0.3, -0.25) is 15.0 Å². The number of hydrogen-bond acceptors (Lipinski definition) is 4. The molecule has 0 aliphatic carbocycles. The summed E-state index contributed by atoms with van der Waals surface area (Å²) in [5.41, 5.74) is 2.76. The Hall–Kier alpha value is -3.35. The summed E-state index contributed by atoms with van der Waals surface area (Å²) in [6.45, 7) is 9.43. The van der Waals surface area contributed by atoms with Crippen molar-refractivity contribution in [3.8, 4) is 5.75 Å². The Balaban J connectivity index is 1.70. The average molecular weight is 409 g/mol. The van der Waals surface area contributed by atoms with Gasteiger partial charge in [-0.25, -0.2) is 4.79 Å². The van der Waals surface area contributed by atoms with E-state index in [4.69, 9.17) is 4.74 Å². The maximum atomic E-state index is 12.9. The van der Waals surface area contributed by atoms with Crippen LogP contribution in [0.1, 0.15) is 45.7 Å². The van der Waals surface area contributed by atoms with Crippen LogP contribution in [-0.2, 0) is 20.5 Å². The molecule has 0 saturated carbocycles. The first kappa shape index (κ1) is 21.4. The Morgan fingerprint density at radius 1 is 1.10 bits per heavy atom. The Morgan fingerprint density at radius 2 is 1.77 bits per heavy atom. The van der Waals surface area contributed by atoms with Crippen LogP contribution in [0.5, 0.6) is 5.75 Å². The number of nitrogens with one attached hydrogen (secondary N) is 2. The number of benzene rings is 2. The van der Waals surface area contributed by atoms with E-state index >= 15 is 0 Å². The summed E-state index contributed by atoms with van der Waals surface area (Å²) in [5, 5.41) is 3.36. The van der Waals surface area contributed by atoms with Crippen molar-refractivity contribution in [2.75, 3.05) is 0 Å². The molecule has 0 aromatic heterocycles. The Bertz CT molecular complexity index is 968. The predicted octanol–water partition coefficient (Wildman–Crippen LogP) is 3.25. The monoisotopic (exact) mass is 409 g/mol. The standard InChI is InChI=1S/C23H27N3O4/c1-15(30-18-13-9-12-17(14-18)22(2,3)4)19(27)25-26-20(28)23(5,24-21(26)29)16-10-7-6-8-11-16/h6-15H,1-5H3,(H,24,29)(H,25,27). The second kappa shape index (κ2) is 7.82. The van der Waals surface area contributed by atoms with Crippen molar-refractivity contribution in [2.24, 2.45) is 0 Å². The molecular formula is C23H27N3O4. The largest absolute Gasteiger partial charge is 0.481 e. The van der Waals surface area contributed by atoms with Gasteiger partial charge in [0.2, 0.25) is 0 Å². The molecular weight excluding hydrogens is 382 g/mol. The van der Waals surface area contributed by atoms with Crippen LogP contribution in [0.15, 0.2) is 54.6 Å². The van der Waals surface area contributed by atoms with Crippen LogP contribution in [-0.4, -0.2) is 29.0 Å². The summed E-state index contributed by atoms with van der Waals surface area (Å²) in [7, 11) is 0. The zero-order valence-electron chi connectivity index (χ0n) is 17.9. The average Bonchev–Trinajstić information content (AvgIpc) is 2.92. The van der Waals surface area contributed by atoms with E-state index in [1.807, 2.05) is 24.3 Å². The molecule has 0 radical (unpaired) electrons. The molecule has 2 unspecified atom stereocenters. The van der Waals surface area contributed by atoms with Crippen molar-refractivity contribution in [2.45, 2.75) is 51.7 Å². The fourth-order valence-electron chi connectivity index (χ4n) is 3.20. The summed E-state index contributed by atoms with van der Waals surface area (Å²) in [5.74, 6) is -0.623. The van der Waals surface area contributed by atoms with Crippen LogP contribution in [0.2, 0.25) is 0 Å². The summed E-state index contributed by atoms with van der Waals surface area (Å²) in [6.07, 6.45) is -0.913. The number of hydrogen-bond donors (Lipinski definition) is 2. The van der Waals surface area contributed by atoms with Gasteiger partial charge in [0.1, 0.15) is 11.3 Å². The van der Waals surface area contributed by atoms with Gasteiger partial charge < -0.3 is 10.1 Å². The van der Waals surface area contributed by atoms with E-state index in [1.165, 1.54) is 0 Å². The number of carbonyl (C=O) groups excluding carboxylic acids is 3. The number of ether oxygens (including phenoxy) is 1. The summed E-state index contributed by atoms with van der Waals surface area (Å²) in [6, 6.07) is 15.7. The molecule has 4 amide bonds. The van der Waals surface area contributed by atoms with E-state index in [9.17, 15) is 14.4 Å². The van der Waals surface area contributed by atoms with Crippen molar-refractivity contribution in [1.82, 2.24) is 15.8 Å². The second-order valence-electron chi connectivity index (χ2n) is 8.58. The van der Waals surface area contributed by atoms with Crippen molar-refractivity contribution in [1.29, 1.82) is 0 Å². The van der Waals surface area contributed by atoms with E-state index in [2.05, 4.69) is 31.5 Å². The first-order chi connectivity index (χ1) is 14.0. The van der Waals surface area contributed by atoms with Gasteiger partial charge in [0, 0.05) is 0 Å². The SMILES string of the molecule is CC(Oc1cccc(C(C)(C)C)c1)C(=O)NN1C(=O)NC(C)(c2ccccc2)C1=O. The highest BCUT2D eigenvalue weighted by Crippen LogP contribution is 2.28. The fraction of sp³-hybridized carbons (Fsp3) is 0.348. The number of rotatable bonds is 5. The van der Waals surface area contributed by atoms with E-state index in [-0.39, 0.29) is 5.41 Å². The van der Waals surface area contributed by atoms with Crippen molar-refractivity contribution < 1.29 is 19.1 Å². The quantitative estimate of drug-likeness (QED) is 0.742. The number of urea groups is 1. The zero-order chi connectivity index (χ0) is 22.1. The highest BCUT2D eigenvalue weighted by molar-refractivity contribution is 6.08. The van der Waals surface area contributed by atoms with Crippen LogP contribution in [0.3, 0.4) is 0 Å². The lowest BCUT2D eigenvalue weighted by Crippen LogP contribution is -2.51. The number of hydrazine groups is 1. The molecule has 0 bridgehead atoms. The maximum absolute atomic E-state index is 12.9. The third-order valence-corrected chi connectivity index (χ3v) is 5.15. The van der Waals surface area contributed by atoms with Gasteiger partial charge in [-0.05, 0) is 42.5 Å². The van der Waals surface area contributed by atoms with Gasteiger partial charge in [-0.1, -0.05) is 63.2 Å². The Morgan fingerprint density at radius 3 is 2.40 bits per heavy atom. The maximum Gasteiger partial charge on any atom is 0.344 e. The minimum absolute atomic E-state index is 0.0627. The van der Waals surface area contributed by atoms with Crippen molar-refractivity contribution >= 4 is 17.8 Å². The molecule has 1 heterocycles. The second-order valence-corrected chi connectivity index (χ2v) is 8.58. The molecule has 1 aliphatic rings. The van der Waals surface area contributed by atoms with Gasteiger partial charge in [0.25, 0.3) is 11.8 Å². The van der Waals surface area contributed by atoms with Crippen LogP contribution in [0.25, 0.3) is 0 Å². The van der Waals surface area contributed by atoms with Crippen molar-refractivity contribution in [3.05, 3.63) is 65.7 Å².